The predicted molar refractivity (Wildman–Crippen MR) is 56.9 cm³/mol. The third kappa shape index (κ3) is 6.14. The summed E-state index contributed by atoms with van der Waals surface area (Å²) in [5.74, 6) is -8.18. The van der Waals surface area contributed by atoms with E-state index in [4.69, 9.17) is 0 Å². The molecule has 0 saturated heterocycles. The second-order valence-corrected chi connectivity index (χ2v) is 3.86. The van der Waals surface area contributed by atoms with Gasteiger partial charge in [-0.05, 0) is 13.3 Å². The van der Waals surface area contributed by atoms with Crippen molar-refractivity contribution in [2.45, 2.75) is 39.0 Å². The number of ether oxygens (including phenoxy) is 2. The summed E-state index contributed by atoms with van der Waals surface area (Å²) in [7, 11) is 0. The monoisotopic (exact) mass is 336 g/mol. The van der Waals surface area contributed by atoms with Gasteiger partial charge < -0.3 is 9.47 Å². The molecule has 0 rings (SSSR count). The quantitative estimate of drug-likeness (QED) is 0.260. The molecule has 0 N–H and O–H groups in total. The number of hydrogen-bond donors (Lipinski definition) is 0. The molecule has 0 bridgehead atoms. The maximum atomic E-state index is 12.1. The molecule has 22 heavy (non-hydrogen) atoms. The van der Waals surface area contributed by atoms with Gasteiger partial charge >= 0.3 is 30.3 Å². The van der Waals surface area contributed by atoms with Crippen molar-refractivity contribution in [2.24, 2.45) is 0 Å². The van der Waals surface area contributed by atoms with E-state index in [1.165, 1.54) is 6.92 Å². The summed E-state index contributed by atoms with van der Waals surface area (Å²) < 4.78 is 79.3. The van der Waals surface area contributed by atoms with Crippen LogP contribution in [0.4, 0.5) is 26.3 Å². The zero-order valence-electron chi connectivity index (χ0n) is 11.2. The highest BCUT2D eigenvalue weighted by atomic mass is 19.4. The molecular weight excluding hydrogens is 326 g/mol. The van der Waals surface area contributed by atoms with E-state index in [0.29, 0.717) is 0 Å². The van der Waals surface area contributed by atoms with E-state index in [2.05, 4.69) is 9.47 Å². The minimum atomic E-state index is -5.45. The van der Waals surface area contributed by atoms with Crippen molar-refractivity contribution in [3.8, 4) is 0 Å². The predicted octanol–water partition coefficient (Wildman–Crippen LogP) is 2.80. The van der Waals surface area contributed by atoms with Gasteiger partial charge in [0.15, 0.2) is 0 Å². The lowest BCUT2D eigenvalue weighted by atomic mass is 10.2. The first-order valence-corrected chi connectivity index (χ1v) is 5.62. The normalized spacial score (nSPS) is 13.3. The molecule has 0 aromatic heterocycles. The van der Waals surface area contributed by atoms with Crippen LogP contribution in [0.25, 0.3) is 0 Å². The summed E-state index contributed by atoms with van der Waals surface area (Å²) >= 11 is 0. The molecule has 0 aromatic rings. The van der Waals surface area contributed by atoms with Gasteiger partial charge in [-0.15, -0.1) is 0 Å². The summed E-state index contributed by atoms with van der Waals surface area (Å²) in [6.07, 6.45) is -11.1. The number of carbonyl (C=O) groups is 3. The van der Waals surface area contributed by atoms with Crippen molar-refractivity contribution >= 4 is 17.9 Å². The van der Waals surface area contributed by atoms with Crippen LogP contribution < -0.4 is 0 Å². The van der Waals surface area contributed by atoms with Crippen LogP contribution in [-0.2, 0) is 23.9 Å². The Kier molecular flexibility index (Phi) is 6.59. The molecule has 0 unspecified atom stereocenters. The molecule has 0 amide bonds. The second kappa shape index (κ2) is 7.27. The van der Waals surface area contributed by atoms with Gasteiger partial charge in [0, 0.05) is 6.42 Å². The Morgan fingerprint density at radius 3 is 1.64 bits per heavy atom. The zero-order valence-corrected chi connectivity index (χ0v) is 11.2. The smallest absolute Gasteiger partial charge is 0.424 e. The number of alkyl halides is 6. The molecule has 5 nitrogen and oxygen atoms in total. The van der Waals surface area contributed by atoms with Gasteiger partial charge in [0.2, 0.25) is 0 Å². The van der Waals surface area contributed by atoms with Crippen LogP contribution in [0.2, 0.25) is 0 Å². The molecule has 0 fully saturated rings. The molecule has 0 aliphatic heterocycles. The number of hydrogen-bond acceptors (Lipinski definition) is 5. The maximum Gasteiger partial charge on any atom is 0.491 e. The molecule has 0 aliphatic carbocycles. The van der Waals surface area contributed by atoms with Crippen molar-refractivity contribution in [3.63, 3.8) is 0 Å². The second-order valence-electron chi connectivity index (χ2n) is 3.86. The van der Waals surface area contributed by atoms with Gasteiger partial charge in [-0.1, -0.05) is 6.92 Å². The van der Waals surface area contributed by atoms with Crippen molar-refractivity contribution in [1.82, 2.24) is 0 Å². The third-order valence-electron chi connectivity index (χ3n) is 2.07. The van der Waals surface area contributed by atoms with E-state index in [9.17, 15) is 40.7 Å². The van der Waals surface area contributed by atoms with Gasteiger partial charge in [-0.3, -0.25) is 0 Å². The van der Waals surface area contributed by atoms with Gasteiger partial charge in [0.25, 0.3) is 0 Å². The van der Waals surface area contributed by atoms with Crippen LogP contribution in [0.5, 0.6) is 0 Å². The van der Waals surface area contributed by atoms with E-state index in [-0.39, 0.29) is 12.8 Å². The Labute approximate surface area is 119 Å². The fourth-order valence-electron chi connectivity index (χ4n) is 1.04. The minimum Gasteiger partial charge on any atom is -0.424 e. The van der Waals surface area contributed by atoms with Gasteiger partial charge in [0.05, 0.1) is 5.57 Å². The minimum absolute atomic E-state index is 0.109. The summed E-state index contributed by atoms with van der Waals surface area (Å²) in [6.45, 7) is 2.21. The number of allylic oxidation sites excluding steroid dienone is 1. The van der Waals surface area contributed by atoms with E-state index in [0.717, 1.165) is 6.92 Å². The molecule has 11 heteroatoms. The van der Waals surface area contributed by atoms with Crippen LogP contribution in [0.15, 0.2) is 11.3 Å². The first-order valence-electron chi connectivity index (χ1n) is 5.62. The first-order chi connectivity index (χ1) is 9.80. The molecule has 0 heterocycles. The van der Waals surface area contributed by atoms with Gasteiger partial charge in [-0.25, -0.2) is 14.4 Å². The zero-order chi connectivity index (χ0) is 17.7. The molecule has 126 valence electrons. The largest absolute Gasteiger partial charge is 0.491 e. The highest BCUT2D eigenvalue weighted by Crippen LogP contribution is 2.23. The Hall–Kier alpha value is -2.07. The lowest BCUT2D eigenvalue weighted by Gasteiger charge is -2.13. The summed E-state index contributed by atoms with van der Waals surface area (Å²) in [5, 5.41) is 0. The lowest BCUT2D eigenvalue weighted by molar-refractivity contribution is -0.201. The van der Waals surface area contributed by atoms with Gasteiger partial charge in [0.1, 0.15) is 5.76 Å². The number of carbonyl (C=O) groups excluding carboxylic acids is 3. The highest BCUT2D eigenvalue weighted by Gasteiger charge is 2.44. The Morgan fingerprint density at radius 1 is 0.864 bits per heavy atom. The number of halogens is 6. The summed E-state index contributed by atoms with van der Waals surface area (Å²) in [5.41, 5.74) is -0.850. The third-order valence-corrected chi connectivity index (χ3v) is 2.07. The lowest BCUT2D eigenvalue weighted by Crippen LogP contribution is -2.29. The average molecular weight is 336 g/mol. The Bertz CT molecular complexity index is 488. The van der Waals surface area contributed by atoms with Gasteiger partial charge in [-0.2, -0.15) is 26.3 Å². The van der Waals surface area contributed by atoms with E-state index < -0.39 is 41.6 Å². The topological polar surface area (TPSA) is 69.7 Å². The fourth-order valence-corrected chi connectivity index (χ4v) is 1.04. The molecule has 0 radical (unpaired) electrons. The standard InChI is InChI=1S/C11H10F6O5/c1-3-4-6(21-8(19)10(12,13)14)5(2)7(18)22-9(20)11(15,16)17/h3-4H2,1-2H3. The summed E-state index contributed by atoms with van der Waals surface area (Å²) in [4.78, 5) is 32.4. The summed E-state index contributed by atoms with van der Waals surface area (Å²) in [6, 6.07) is 0. The van der Waals surface area contributed by atoms with Crippen LogP contribution in [0, 0.1) is 0 Å². The fraction of sp³-hybridized carbons (Fsp3) is 0.545. The van der Waals surface area contributed by atoms with Crippen LogP contribution in [0.1, 0.15) is 26.7 Å². The average Bonchev–Trinajstić information content (AvgIpc) is 2.34. The highest BCUT2D eigenvalue weighted by molar-refractivity contribution is 5.97. The van der Waals surface area contributed by atoms with Crippen LogP contribution >= 0.6 is 0 Å². The molecule has 0 saturated carbocycles. The molecule has 0 aromatic carbocycles. The molecule has 0 spiro atoms. The molecular formula is C11H10F6O5. The maximum absolute atomic E-state index is 12.1. The van der Waals surface area contributed by atoms with Crippen LogP contribution in [0.3, 0.4) is 0 Å². The van der Waals surface area contributed by atoms with Crippen molar-refractivity contribution < 1.29 is 50.2 Å². The number of rotatable bonds is 4. The first kappa shape index (κ1) is 19.9. The van der Waals surface area contributed by atoms with Crippen molar-refractivity contribution in [2.75, 3.05) is 0 Å². The van der Waals surface area contributed by atoms with Crippen molar-refractivity contribution in [3.05, 3.63) is 11.3 Å². The van der Waals surface area contributed by atoms with E-state index >= 15 is 0 Å². The molecule has 0 aliphatic rings. The Morgan fingerprint density at radius 2 is 1.27 bits per heavy atom. The number of esters is 3. The van der Waals surface area contributed by atoms with Crippen molar-refractivity contribution in [1.29, 1.82) is 0 Å². The SMILES string of the molecule is CCCC(OC(=O)C(F)(F)F)=C(C)C(=O)OC(=O)C(F)(F)F. The van der Waals surface area contributed by atoms with E-state index in [1.807, 2.05) is 0 Å². The molecule has 0 atom stereocenters. The van der Waals surface area contributed by atoms with E-state index in [1.54, 1.807) is 0 Å². The Balaban J connectivity index is 5.25. The van der Waals surface area contributed by atoms with Crippen LogP contribution in [-0.4, -0.2) is 30.3 Å².